The van der Waals surface area contributed by atoms with Gasteiger partial charge in [-0.2, -0.15) is 13.2 Å². The summed E-state index contributed by atoms with van der Waals surface area (Å²) in [4.78, 5) is 23.3. The molecule has 0 aliphatic rings. The van der Waals surface area contributed by atoms with E-state index in [4.69, 9.17) is 9.47 Å². The fraction of sp³-hybridized carbons (Fsp3) is 0.263. The van der Waals surface area contributed by atoms with Crippen LogP contribution in [0, 0.1) is 0 Å². The standard InChI is InChI=1S/C19H19F3N2O4/c1-11(25)23-13-5-6-15(14(10-13)19(20,21)22)24-18(26)9-12-4-7-16(27-2)17(8-12)28-3/h4-8,10H,9H2,1-3H3,(H,23,25)(H,24,26). The number of carbonyl (C=O) groups is 2. The van der Waals surface area contributed by atoms with Crippen LogP contribution in [0.1, 0.15) is 18.1 Å². The summed E-state index contributed by atoms with van der Waals surface area (Å²) in [5.41, 5.74) is -0.928. The number of nitrogens with one attached hydrogen (secondary N) is 2. The van der Waals surface area contributed by atoms with Gasteiger partial charge in [-0.05, 0) is 35.9 Å². The molecule has 0 aliphatic carbocycles. The minimum Gasteiger partial charge on any atom is -0.493 e. The Morgan fingerprint density at radius 1 is 0.964 bits per heavy atom. The van der Waals surface area contributed by atoms with Gasteiger partial charge >= 0.3 is 6.18 Å². The third-order valence-electron chi connectivity index (χ3n) is 3.73. The number of methoxy groups -OCH3 is 2. The Bertz CT molecular complexity index is 882. The molecule has 2 amide bonds. The quantitative estimate of drug-likeness (QED) is 0.777. The van der Waals surface area contributed by atoms with E-state index in [0.29, 0.717) is 17.1 Å². The maximum absolute atomic E-state index is 13.3. The number of halogens is 3. The van der Waals surface area contributed by atoms with Crippen molar-refractivity contribution in [3.05, 3.63) is 47.5 Å². The number of ether oxygens (including phenoxy) is 2. The second kappa shape index (κ2) is 8.64. The first kappa shape index (κ1) is 21.1. The lowest BCUT2D eigenvalue weighted by Crippen LogP contribution is -2.19. The van der Waals surface area contributed by atoms with Crippen LogP contribution in [0.5, 0.6) is 11.5 Å². The van der Waals surface area contributed by atoms with Gasteiger partial charge in [0.2, 0.25) is 11.8 Å². The van der Waals surface area contributed by atoms with Crippen LogP contribution in [-0.2, 0) is 22.2 Å². The van der Waals surface area contributed by atoms with E-state index in [1.165, 1.54) is 27.2 Å². The number of hydrogen-bond donors (Lipinski definition) is 2. The number of rotatable bonds is 6. The predicted octanol–water partition coefficient (Wildman–Crippen LogP) is 3.86. The largest absolute Gasteiger partial charge is 0.493 e. The summed E-state index contributed by atoms with van der Waals surface area (Å²) >= 11 is 0. The molecule has 2 rings (SSSR count). The molecule has 9 heteroatoms. The van der Waals surface area contributed by atoms with Gasteiger partial charge in [0.25, 0.3) is 0 Å². The molecule has 0 saturated carbocycles. The summed E-state index contributed by atoms with van der Waals surface area (Å²) in [5.74, 6) is -0.258. The molecule has 2 aromatic rings. The number of hydrogen-bond acceptors (Lipinski definition) is 4. The van der Waals surface area contributed by atoms with Crippen molar-refractivity contribution in [3.8, 4) is 11.5 Å². The zero-order valence-electron chi connectivity index (χ0n) is 15.4. The second-order valence-corrected chi connectivity index (χ2v) is 5.85. The maximum atomic E-state index is 13.3. The first-order chi connectivity index (χ1) is 13.1. The molecule has 6 nitrogen and oxygen atoms in total. The van der Waals surface area contributed by atoms with Crippen molar-refractivity contribution in [3.63, 3.8) is 0 Å². The van der Waals surface area contributed by atoms with E-state index >= 15 is 0 Å². The first-order valence-electron chi connectivity index (χ1n) is 8.13. The predicted molar refractivity (Wildman–Crippen MR) is 97.6 cm³/mol. The van der Waals surface area contributed by atoms with Crippen molar-refractivity contribution in [1.82, 2.24) is 0 Å². The lowest BCUT2D eigenvalue weighted by Gasteiger charge is -2.16. The molecule has 0 radical (unpaired) electrons. The Morgan fingerprint density at radius 3 is 2.21 bits per heavy atom. The van der Waals surface area contributed by atoms with Crippen molar-refractivity contribution in [2.75, 3.05) is 24.9 Å². The van der Waals surface area contributed by atoms with Crippen molar-refractivity contribution in [1.29, 1.82) is 0 Å². The van der Waals surface area contributed by atoms with Gasteiger partial charge in [-0.1, -0.05) is 6.07 Å². The van der Waals surface area contributed by atoms with Gasteiger partial charge in [0.1, 0.15) is 0 Å². The van der Waals surface area contributed by atoms with E-state index in [1.807, 2.05) is 0 Å². The van der Waals surface area contributed by atoms with Crippen LogP contribution < -0.4 is 20.1 Å². The number of amides is 2. The fourth-order valence-electron chi connectivity index (χ4n) is 2.54. The van der Waals surface area contributed by atoms with E-state index in [0.717, 1.165) is 12.1 Å². The Balaban J connectivity index is 2.22. The van der Waals surface area contributed by atoms with Gasteiger partial charge in [-0.15, -0.1) is 0 Å². The molecule has 0 fully saturated rings. The smallest absolute Gasteiger partial charge is 0.418 e. The molecule has 0 unspecified atom stereocenters. The molecule has 0 atom stereocenters. The van der Waals surface area contributed by atoms with Crippen LogP contribution in [0.4, 0.5) is 24.5 Å². The van der Waals surface area contributed by atoms with Gasteiger partial charge in [0.05, 0.1) is 31.9 Å². The van der Waals surface area contributed by atoms with Gasteiger partial charge < -0.3 is 20.1 Å². The monoisotopic (exact) mass is 396 g/mol. The number of alkyl halides is 3. The maximum Gasteiger partial charge on any atom is 0.418 e. The van der Waals surface area contributed by atoms with E-state index in [9.17, 15) is 22.8 Å². The van der Waals surface area contributed by atoms with E-state index in [2.05, 4.69) is 10.6 Å². The average Bonchev–Trinajstić information content (AvgIpc) is 2.61. The van der Waals surface area contributed by atoms with Crippen LogP contribution >= 0.6 is 0 Å². The number of benzene rings is 2. The lowest BCUT2D eigenvalue weighted by atomic mass is 10.1. The van der Waals surface area contributed by atoms with Crippen LogP contribution in [0.2, 0.25) is 0 Å². The van der Waals surface area contributed by atoms with E-state index in [1.54, 1.807) is 18.2 Å². The Labute approximate surface area is 159 Å². The molecule has 0 heterocycles. The molecule has 2 N–H and O–H groups in total. The third kappa shape index (κ3) is 5.38. The van der Waals surface area contributed by atoms with Crippen LogP contribution in [0.15, 0.2) is 36.4 Å². The molecular formula is C19H19F3N2O4. The molecule has 0 saturated heterocycles. The van der Waals surface area contributed by atoms with Crippen molar-refractivity contribution in [2.24, 2.45) is 0 Å². The highest BCUT2D eigenvalue weighted by Crippen LogP contribution is 2.37. The molecule has 0 aliphatic heterocycles. The Morgan fingerprint density at radius 2 is 1.64 bits per heavy atom. The SMILES string of the molecule is COc1ccc(CC(=O)Nc2ccc(NC(C)=O)cc2C(F)(F)F)cc1OC. The highest BCUT2D eigenvalue weighted by Gasteiger charge is 2.34. The van der Waals surface area contributed by atoms with Crippen molar-refractivity contribution < 1.29 is 32.2 Å². The van der Waals surface area contributed by atoms with Gasteiger partial charge in [0, 0.05) is 12.6 Å². The van der Waals surface area contributed by atoms with E-state index in [-0.39, 0.29) is 12.1 Å². The van der Waals surface area contributed by atoms with Crippen LogP contribution in [-0.4, -0.2) is 26.0 Å². The molecule has 0 spiro atoms. The third-order valence-corrected chi connectivity index (χ3v) is 3.73. The van der Waals surface area contributed by atoms with Gasteiger partial charge in [-0.3, -0.25) is 9.59 Å². The minimum absolute atomic E-state index is 0.0160. The second-order valence-electron chi connectivity index (χ2n) is 5.85. The van der Waals surface area contributed by atoms with Crippen LogP contribution in [0.25, 0.3) is 0 Å². The molecule has 0 bridgehead atoms. The van der Waals surface area contributed by atoms with Gasteiger partial charge in [0.15, 0.2) is 11.5 Å². The summed E-state index contributed by atoms with van der Waals surface area (Å²) in [6, 6.07) is 7.94. The van der Waals surface area contributed by atoms with Gasteiger partial charge in [-0.25, -0.2) is 0 Å². The molecule has 2 aromatic carbocycles. The van der Waals surface area contributed by atoms with Crippen molar-refractivity contribution >= 4 is 23.2 Å². The lowest BCUT2D eigenvalue weighted by molar-refractivity contribution is -0.137. The summed E-state index contributed by atoms with van der Waals surface area (Å²) in [6.45, 7) is 1.19. The summed E-state index contributed by atoms with van der Waals surface area (Å²) < 4.78 is 50.2. The number of carbonyl (C=O) groups excluding carboxylic acids is 2. The molecule has 0 aromatic heterocycles. The fourth-order valence-corrected chi connectivity index (χ4v) is 2.54. The molecular weight excluding hydrogens is 377 g/mol. The zero-order chi connectivity index (χ0) is 20.9. The highest BCUT2D eigenvalue weighted by molar-refractivity contribution is 5.94. The molecule has 28 heavy (non-hydrogen) atoms. The normalized spacial score (nSPS) is 10.9. The Kier molecular flexibility index (Phi) is 6.50. The Hall–Kier alpha value is -3.23. The van der Waals surface area contributed by atoms with E-state index < -0.39 is 29.2 Å². The summed E-state index contributed by atoms with van der Waals surface area (Å²) in [5, 5.41) is 4.55. The topological polar surface area (TPSA) is 76.7 Å². The van der Waals surface area contributed by atoms with Crippen LogP contribution in [0.3, 0.4) is 0 Å². The summed E-state index contributed by atoms with van der Waals surface area (Å²) in [7, 11) is 2.90. The summed E-state index contributed by atoms with van der Waals surface area (Å²) in [6.07, 6.45) is -4.87. The molecule has 150 valence electrons. The highest BCUT2D eigenvalue weighted by atomic mass is 19.4. The first-order valence-corrected chi connectivity index (χ1v) is 8.13. The van der Waals surface area contributed by atoms with Crippen molar-refractivity contribution in [2.45, 2.75) is 19.5 Å². The average molecular weight is 396 g/mol. The minimum atomic E-state index is -4.71. The number of anilines is 2. The zero-order valence-corrected chi connectivity index (χ0v) is 15.4.